The van der Waals surface area contributed by atoms with Crippen LogP contribution in [-0.4, -0.2) is 39.9 Å². The summed E-state index contributed by atoms with van der Waals surface area (Å²) in [6, 6.07) is 9.85. The van der Waals surface area contributed by atoms with Gasteiger partial charge in [0.2, 0.25) is 0 Å². The Balaban J connectivity index is 1.56. The first-order chi connectivity index (χ1) is 11.2. The molecule has 5 heteroatoms. The number of amides is 1. The zero-order valence-electron chi connectivity index (χ0n) is 13.4. The molecule has 1 atom stereocenters. The normalized spacial score (nSPS) is 18.6. The Labute approximate surface area is 136 Å². The maximum Gasteiger partial charge on any atom is 0.253 e. The Morgan fingerprint density at radius 3 is 2.96 bits per heavy atom. The predicted molar refractivity (Wildman–Crippen MR) is 89.0 cm³/mol. The van der Waals surface area contributed by atoms with Crippen molar-refractivity contribution in [1.82, 2.24) is 20.2 Å². The van der Waals surface area contributed by atoms with Crippen LogP contribution in [0.4, 0.5) is 0 Å². The zero-order valence-corrected chi connectivity index (χ0v) is 13.4. The SMILES string of the molecule is Cc1ccc(C(=O)NC2CCCN(Cc3ccccn3)C2)cn1. The van der Waals surface area contributed by atoms with Crippen LogP contribution >= 0.6 is 0 Å². The molecule has 0 bridgehead atoms. The van der Waals surface area contributed by atoms with Crippen LogP contribution in [0.3, 0.4) is 0 Å². The molecule has 23 heavy (non-hydrogen) atoms. The van der Waals surface area contributed by atoms with Crippen molar-refractivity contribution in [2.24, 2.45) is 0 Å². The third-order valence-electron chi connectivity index (χ3n) is 4.13. The second-order valence-electron chi connectivity index (χ2n) is 6.06. The highest BCUT2D eigenvalue weighted by Crippen LogP contribution is 2.13. The lowest BCUT2D eigenvalue weighted by atomic mass is 10.0. The minimum atomic E-state index is -0.0396. The van der Waals surface area contributed by atoms with Gasteiger partial charge in [0.1, 0.15) is 0 Å². The van der Waals surface area contributed by atoms with Gasteiger partial charge < -0.3 is 5.32 Å². The van der Waals surface area contributed by atoms with Crippen LogP contribution in [0.5, 0.6) is 0 Å². The summed E-state index contributed by atoms with van der Waals surface area (Å²) in [6.45, 7) is 4.66. The average Bonchev–Trinajstić information content (AvgIpc) is 2.57. The summed E-state index contributed by atoms with van der Waals surface area (Å²) in [5.74, 6) is -0.0396. The van der Waals surface area contributed by atoms with E-state index < -0.39 is 0 Å². The van der Waals surface area contributed by atoms with E-state index in [4.69, 9.17) is 0 Å². The van der Waals surface area contributed by atoms with Crippen molar-refractivity contribution in [3.05, 3.63) is 59.7 Å². The van der Waals surface area contributed by atoms with Crippen LogP contribution in [-0.2, 0) is 6.54 Å². The molecule has 0 aliphatic carbocycles. The van der Waals surface area contributed by atoms with E-state index in [1.165, 1.54) is 0 Å². The number of pyridine rings is 2. The van der Waals surface area contributed by atoms with E-state index in [0.717, 1.165) is 43.9 Å². The number of likely N-dealkylation sites (tertiary alicyclic amines) is 1. The quantitative estimate of drug-likeness (QED) is 0.940. The van der Waals surface area contributed by atoms with Gasteiger partial charge in [-0.1, -0.05) is 6.07 Å². The molecular formula is C18H22N4O. The highest BCUT2D eigenvalue weighted by Gasteiger charge is 2.22. The molecule has 0 aromatic carbocycles. The van der Waals surface area contributed by atoms with Crippen LogP contribution in [0.2, 0.25) is 0 Å². The first kappa shape index (κ1) is 15.6. The first-order valence-corrected chi connectivity index (χ1v) is 8.06. The maximum atomic E-state index is 12.3. The summed E-state index contributed by atoms with van der Waals surface area (Å²) in [5, 5.41) is 3.13. The molecule has 0 saturated carbocycles. The van der Waals surface area contributed by atoms with Crippen LogP contribution in [0.1, 0.15) is 34.6 Å². The van der Waals surface area contributed by atoms with Gasteiger partial charge in [-0.25, -0.2) is 0 Å². The fourth-order valence-corrected chi connectivity index (χ4v) is 2.91. The minimum absolute atomic E-state index is 0.0396. The number of aromatic nitrogens is 2. The van der Waals surface area contributed by atoms with Crippen molar-refractivity contribution in [3.8, 4) is 0 Å². The predicted octanol–water partition coefficient (Wildman–Crippen LogP) is 2.18. The van der Waals surface area contributed by atoms with Crippen LogP contribution in [0.15, 0.2) is 42.7 Å². The summed E-state index contributed by atoms with van der Waals surface area (Å²) >= 11 is 0. The molecule has 1 amide bonds. The van der Waals surface area contributed by atoms with E-state index in [2.05, 4.69) is 20.2 Å². The van der Waals surface area contributed by atoms with Gasteiger partial charge in [-0.05, 0) is 50.6 Å². The number of nitrogens with one attached hydrogen (secondary N) is 1. The van der Waals surface area contributed by atoms with E-state index >= 15 is 0 Å². The van der Waals surface area contributed by atoms with Gasteiger partial charge in [-0.2, -0.15) is 0 Å². The van der Waals surface area contributed by atoms with Gasteiger partial charge in [-0.15, -0.1) is 0 Å². The van der Waals surface area contributed by atoms with Crippen LogP contribution in [0, 0.1) is 6.92 Å². The summed E-state index contributed by atoms with van der Waals surface area (Å²) in [7, 11) is 0. The summed E-state index contributed by atoms with van der Waals surface area (Å²) in [6.07, 6.45) is 5.57. The lowest BCUT2D eigenvalue weighted by Crippen LogP contribution is -2.47. The number of hydrogen-bond donors (Lipinski definition) is 1. The van der Waals surface area contributed by atoms with Crippen molar-refractivity contribution >= 4 is 5.91 Å². The number of hydrogen-bond acceptors (Lipinski definition) is 4. The molecular weight excluding hydrogens is 288 g/mol. The average molecular weight is 310 g/mol. The molecule has 3 heterocycles. The second kappa shape index (κ2) is 7.33. The van der Waals surface area contributed by atoms with Crippen LogP contribution in [0.25, 0.3) is 0 Å². The number of nitrogens with zero attached hydrogens (tertiary/aromatic N) is 3. The van der Waals surface area contributed by atoms with Crippen molar-refractivity contribution in [2.45, 2.75) is 32.4 Å². The number of carbonyl (C=O) groups excluding carboxylic acids is 1. The van der Waals surface area contributed by atoms with Crippen molar-refractivity contribution < 1.29 is 4.79 Å². The van der Waals surface area contributed by atoms with Crippen LogP contribution < -0.4 is 5.32 Å². The number of rotatable bonds is 4. The molecule has 5 nitrogen and oxygen atoms in total. The van der Waals surface area contributed by atoms with E-state index in [-0.39, 0.29) is 11.9 Å². The third kappa shape index (κ3) is 4.36. The van der Waals surface area contributed by atoms with Gasteiger partial charge in [0.15, 0.2) is 0 Å². The number of carbonyl (C=O) groups is 1. The minimum Gasteiger partial charge on any atom is -0.348 e. The molecule has 2 aromatic rings. The Bertz CT molecular complexity index is 642. The highest BCUT2D eigenvalue weighted by atomic mass is 16.1. The standard InChI is InChI=1S/C18H22N4O/c1-14-7-8-15(11-20-14)18(23)21-17-6-4-10-22(13-17)12-16-5-2-3-9-19-16/h2-3,5,7-9,11,17H,4,6,10,12-13H2,1H3,(H,21,23). The lowest BCUT2D eigenvalue weighted by Gasteiger charge is -2.32. The zero-order chi connectivity index (χ0) is 16.1. The molecule has 0 radical (unpaired) electrons. The summed E-state index contributed by atoms with van der Waals surface area (Å²) in [4.78, 5) is 23.2. The molecule has 1 aliphatic heterocycles. The molecule has 1 unspecified atom stereocenters. The van der Waals surface area contributed by atoms with E-state index in [1.807, 2.05) is 43.5 Å². The Hall–Kier alpha value is -2.27. The molecule has 1 saturated heterocycles. The van der Waals surface area contributed by atoms with Gasteiger partial charge >= 0.3 is 0 Å². The Kier molecular flexibility index (Phi) is 4.98. The molecule has 1 fully saturated rings. The molecule has 1 N–H and O–H groups in total. The van der Waals surface area contributed by atoms with Gasteiger partial charge in [0, 0.05) is 37.2 Å². The van der Waals surface area contributed by atoms with Crippen molar-refractivity contribution in [2.75, 3.05) is 13.1 Å². The summed E-state index contributed by atoms with van der Waals surface area (Å²) < 4.78 is 0. The molecule has 2 aromatic heterocycles. The Morgan fingerprint density at radius 2 is 2.22 bits per heavy atom. The largest absolute Gasteiger partial charge is 0.348 e. The topological polar surface area (TPSA) is 58.1 Å². The van der Waals surface area contributed by atoms with Gasteiger partial charge in [-0.3, -0.25) is 19.7 Å². The van der Waals surface area contributed by atoms with E-state index in [0.29, 0.717) is 5.56 Å². The van der Waals surface area contributed by atoms with E-state index in [9.17, 15) is 4.79 Å². The first-order valence-electron chi connectivity index (χ1n) is 8.06. The smallest absolute Gasteiger partial charge is 0.253 e. The second-order valence-corrected chi connectivity index (χ2v) is 6.06. The van der Waals surface area contributed by atoms with Crippen molar-refractivity contribution in [3.63, 3.8) is 0 Å². The van der Waals surface area contributed by atoms with Gasteiger partial charge in [0.05, 0.1) is 11.3 Å². The molecule has 3 rings (SSSR count). The van der Waals surface area contributed by atoms with E-state index in [1.54, 1.807) is 6.20 Å². The fraction of sp³-hybridized carbons (Fsp3) is 0.389. The summed E-state index contributed by atoms with van der Waals surface area (Å²) in [5.41, 5.74) is 2.61. The third-order valence-corrected chi connectivity index (χ3v) is 4.13. The monoisotopic (exact) mass is 310 g/mol. The fourth-order valence-electron chi connectivity index (χ4n) is 2.91. The molecule has 0 spiro atoms. The number of aryl methyl sites for hydroxylation is 1. The molecule has 120 valence electrons. The van der Waals surface area contributed by atoms with Gasteiger partial charge in [0.25, 0.3) is 5.91 Å². The lowest BCUT2D eigenvalue weighted by molar-refractivity contribution is 0.0900. The van der Waals surface area contributed by atoms with Crippen molar-refractivity contribution in [1.29, 1.82) is 0 Å². The maximum absolute atomic E-state index is 12.3. The number of piperidine rings is 1. The Morgan fingerprint density at radius 1 is 1.30 bits per heavy atom. The highest BCUT2D eigenvalue weighted by molar-refractivity contribution is 5.94. The molecule has 1 aliphatic rings.